The first-order valence-corrected chi connectivity index (χ1v) is 7.39. The van der Waals surface area contributed by atoms with E-state index in [0.29, 0.717) is 12.2 Å². The van der Waals surface area contributed by atoms with Gasteiger partial charge in [0.2, 0.25) is 0 Å². The molecule has 0 bridgehead atoms. The summed E-state index contributed by atoms with van der Waals surface area (Å²) in [6, 6.07) is 8.35. The minimum Gasteiger partial charge on any atom is -0.299 e. The van der Waals surface area contributed by atoms with E-state index in [1.807, 2.05) is 17.8 Å². The summed E-state index contributed by atoms with van der Waals surface area (Å²) in [5, 5.41) is 6.77. The van der Waals surface area contributed by atoms with Gasteiger partial charge in [0.1, 0.15) is 5.78 Å². The van der Waals surface area contributed by atoms with E-state index in [-0.39, 0.29) is 0 Å². The molecule has 0 unspecified atom stereocenters. The molecule has 0 N–H and O–H groups in total. The van der Waals surface area contributed by atoms with Gasteiger partial charge in [0.05, 0.1) is 12.2 Å². The van der Waals surface area contributed by atoms with Crippen LogP contribution in [0.2, 0.25) is 0 Å². The second kappa shape index (κ2) is 5.14. The van der Waals surface area contributed by atoms with Crippen LogP contribution in [0.25, 0.3) is 0 Å². The summed E-state index contributed by atoms with van der Waals surface area (Å²) in [7, 11) is 0. The summed E-state index contributed by atoms with van der Waals surface area (Å²) in [4.78, 5) is 12.7. The average molecular weight is 260 g/mol. The maximum Gasteiger partial charge on any atom is 0.138 e. The van der Waals surface area contributed by atoms with Crippen molar-refractivity contribution in [3.63, 3.8) is 0 Å². The van der Waals surface area contributed by atoms with E-state index in [9.17, 15) is 4.79 Å². The van der Waals surface area contributed by atoms with Gasteiger partial charge in [-0.1, -0.05) is 12.1 Å². The van der Waals surface area contributed by atoms with Crippen molar-refractivity contribution in [1.82, 2.24) is 0 Å². The van der Waals surface area contributed by atoms with Gasteiger partial charge in [0.25, 0.3) is 0 Å². The van der Waals surface area contributed by atoms with Crippen LogP contribution in [-0.2, 0) is 4.79 Å². The van der Waals surface area contributed by atoms with Gasteiger partial charge >= 0.3 is 0 Å². The van der Waals surface area contributed by atoms with Crippen molar-refractivity contribution in [3.8, 4) is 0 Å². The van der Waals surface area contributed by atoms with Gasteiger partial charge in [-0.15, -0.1) is 11.8 Å². The van der Waals surface area contributed by atoms with Gasteiger partial charge in [0.15, 0.2) is 0 Å². The monoisotopic (exact) mass is 260 g/mol. The Kier molecular flexibility index (Phi) is 3.37. The van der Waals surface area contributed by atoms with Gasteiger partial charge in [-0.25, -0.2) is 0 Å². The smallest absolute Gasteiger partial charge is 0.138 e. The lowest BCUT2D eigenvalue weighted by Gasteiger charge is -2.27. The van der Waals surface area contributed by atoms with Crippen molar-refractivity contribution < 1.29 is 4.79 Å². The second-order valence-corrected chi connectivity index (χ2v) is 5.81. The number of fused-ring (bicyclic) bond motifs is 1. The standard InChI is InChI=1S/C14H16N2OS/c17-12-5-3-4-11(10-12)15-16-8-9-18-14-7-2-1-6-13(14)16/h1-2,6-7H,3-5,8-10H2/b15-11-. The van der Waals surface area contributed by atoms with Gasteiger partial charge in [-0.2, -0.15) is 5.10 Å². The molecule has 1 saturated carbocycles. The van der Waals surface area contributed by atoms with Crippen LogP contribution in [0.5, 0.6) is 0 Å². The van der Waals surface area contributed by atoms with Crippen LogP contribution < -0.4 is 5.01 Å². The molecule has 4 heteroatoms. The Morgan fingerprint density at radius 2 is 2.11 bits per heavy atom. The van der Waals surface area contributed by atoms with Crippen molar-refractivity contribution in [2.45, 2.75) is 30.6 Å². The van der Waals surface area contributed by atoms with E-state index >= 15 is 0 Å². The number of ketones is 1. The van der Waals surface area contributed by atoms with Crippen molar-refractivity contribution in [2.75, 3.05) is 17.3 Å². The summed E-state index contributed by atoms with van der Waals surface area (Å²) >= 11 is 1.88. The molecule has 1 aromatic rings. The fraction of sp³-hybridized carbons (Fsp3) is 0.429. The third-order valence-corrected chi connectivity index (χ3v) is 4.33. The normalized spacial score (nSPS) is 22.1. The molecule has 0 atom stereocenters. The highest BCUT2D eigenvalue weighted by atomic mass is 32.2. The molecular weight excluding hydrogens is 244 g/mol. The number of thioether (sulfide) groups is 1. The molecule has 1 fully saturated rings. The minimum atomic E-state index is 0.333. The largest absolute Gasteiger partial charge is 0.299 e. The van der Waals surface area contributed by atoms with E-state index in [1.54, 1.807) is 0 Å². The number of anilines is 1. The van der Waals surface area contributed by atoms with Gasteiger partial charge in [-0.05, 0) is 25.0 Å². The third kappa shape index (κ3) is 2.43. The lowest BCUT2D eigenvalue weighted by atomic mass is 9.97. The van der Waals surface area contributed by atoms with Crippen molar-refractivity contribution in [3.05, 3.63) is 24.3 Å². The number of benzene rings is 1. The minimum absolute atomic E-state index is 0.333. The number of hydrogen-bond acceptors (Lipinski definition) is 4. The topological polar surface area (TPSA) is 32.7 Å². The maximum atomic E-state index is 11.5. The van der Waals surface area contributed by atoms with Crippen LogP contribution in [0, 0.1) is 0 Å². The lowest BCUT2D eigenvalue weighted by molar-refractivity contribution is -0.118. The van der Waals surface area contributed by atoms with Crippen molar-refractivity contribution in [2.24, 2.45) is 5.10 Å². The fourth-order valence-electron chi connectivity index (χ4n) is 2.41. The maximum absolute atomic E-state index is 11.5. The number of hydrogen-bond donors (Lipinski definition) is 0. The molecule has 1 heterocycles. The van der Waals surface area contributed by atoms with Crippen LogP contribution in [-0.4, -0.2) is 23.8 Å². The molecule has 1 aromatic carbocycles. The number of para-hydroxylation sites is 1. The van der Waals surface area contributed by atoms with Crippen LogP contribution in [0.4, 0.5) is 5.69 Å². The quantitative estimate of drug-likeness (QED) is 0.778. The predicted molar refractivity (Wildman–Crippen MR) is 75.4 cm³/mol. The van der Waals surface area contributed by atoms with Crippen LogP contribution in [0.15, 0.2) is 34.3 Å². The number of carbonyl (C=O) groups is 1. The third-order valence-electron chi connectivity index (χ3n) is 3.29. The Morgan fingerprint density at radius 3 is 3.00 bits per heavy atom. The number of nitrogens with zero attached hydrogens (tertiary/aromatic N) is 2. The highest BCUT2D eigenvalue weighted by molar-refractivity contribution is 7.99. The highest BCUT2D eigenvalue weighted by Gasteiger charge is 2.19. The average Bonchev–Trinajstić information content (AvgIpc) is 2.39. The molecule has 94 valence electrons. The summed E-state index contributed by atoms with van der Waals surface area (Å²) in [5.41, 5.74) is 2.23. The molecule has 2 aliphatic rings. The summed E-state index contributed by atoms with van der Waals surface area (Å²) in [5.74, 6) is 1.39. The molecule has 1 aliphatic heterocycles. The molecule has 3 rings (SSSR count). The molecule has 1 aliphatic carbocycles. The van der Waals surface area contributed by atoms with E-state index in [4.69, 9.17) is 5.10 Å². The first-order chi connectivity index (χ1) is 8.83. The first-order valence-electron chi connectivity index (χ1n) is 6.40. The fourth-order valence-corrected chi connectivity index (χ4v) is 3.39. The lowest BCUT2D eigenvalue weighted by Crippen LogP contribution is -2.27. The number of Topliss-reactive ketones (excluding diaryl/α,β-unsaturated/α-hetero) is 1. The molecule has 0 amide bonds. The van der Waals surface area contributed by atoms with E-state index < -0.39 is 0 Å². The predicted octanol–water partition coefficient (Wildman–Crippen LogP) is 3.10. The Bertz CT molecular complexity index is 498. The summed E-state index contributed by atoms with van der Waals surface area (Å²) in [6.07, 6.45) is 3.21. The van der Waals surface area contributed by atoms with Crippen molar-refractivity contribution >= 4 is 28.9 Å². The zero-order valence-corrected chi connectivity index (χ0v) is 11.1. The van der Waals surface area contributed by atoms with Gasteiger partial charge in [0, 0.05) is 29.2 Å². The van der Waals surface area contributed by atoms with Gasteiger partial charge < -0.3 is 0 Å². The zero-order chi connectivity index (χ0) is 12.4. The van der Waals surface area contributed by atoms with E-state index in [0.717, 1.165) is 37.3 Å². The molecule has 18 heavy (non-hydrogen) atoms. The van der Waals surface area contributed by atoms with Crippen LogP contribution in [0.3, 0.4) is 0 Å². The van der Waals surface area contributed by atoms with Crippen LogP contribution >= 0.6 is 11.8 Å². The zero-order valence-electron chi connectivity index (χ0n) is 10.3. The number of rotatable bonds is 1. The Hall–Kier alpha value is -1.29. The number of hydrazone groups is 1. The molecular formula is C14H16N2OS. The Labute approximate surface area is 111 Å². The Morgan fingerprint density at radius 1 is 1.22 bits per heavy atom. The highest BCUT2D eigenvalue weighted by Crippen LogP contribution is 2.34. The van der Waals surface area contributed by atoms with Crippen molar-refractivity contribution in [1.29, 1.82) is 0 Å². The first kappa shape index (κ1) is 11.8. The second-order valence-electron chi connectivity index (χ2n) is 4.67. The molecule has 3 nitrogen and oxygen atoms in total. The van der Waals surface area contributed by atoms with E-state index in [2.05, 4.69) is 23.2 Å². The summed E-state index contributed by atoms with van der Waals surface area (Å²) in [6.45, 7) is 0.930. The molecule has 0 aromatic heterocycles. The SMILES string of the molecule is O=C1CCC/C(=N/N2CCSc3ccccc32)C1. The molecule has 0 radical (unpaired) electrons. The Balaban J connectivity index is 1.85. The van der Waals surface area contributed by atoms with Crippen LogP contribution in [0.1, 0.15) is 25.7 Å². The van der Waals surface area contributed by atoms with Gasteiger partial charge in [-0.3, -0.25) is 9.80 Å². The molecule has 0 saturated heterocycles. The van der Waals surface area contributed by atoms with E-state index in [1.165, 1.54) is 10.6 Å². The summed E-state index contributed by atoms with van der Waals surface area (Å²) < 4.78 is 0. The molecule has 0 spiro atoms. The number of carbonyl (C=O) groups excluding carboxylic acids is 1.